The Bertz CT molecular complexity index is 1060. The second kappa shape index (κ2) is 8.04. The van der Waals surface area contributed by atoms with Crippen molar-refractivity contribution >= 4 is 39.0 Å². The summed E-state index contributed by atoms with van der Waals surface area (Å²) in [4.78, 5) is 8.31. The predicted octanol–water partition coefficient (Wildman–Crippen LogP) is 5.07. The van der Waals surface area contributed by atoms with E-state index < -0.39 is 0 Å². The Balaban J connectivity index is 1.13. The lowest BCUT2D eigenvalue weighted by molar-refractivity contribution is 0.299. The number of likely N-dealkylation sites (tertiary alicyclic amines) is 1. The number of hydrogen-bond donors (Lipinski definition) is 0. The van der Waals surface area contributed by atoms with Gasteiger partial charge in [0.05, 0.1) is 15.6 Å². The highest BCUT2D eigenvalue weighted by Crippen LogP contribution is 2.59. The number of aryl methyl sites for hydroxylation is 2. The van der Waals surface area contributed by atoms with E-state index in [1.807, 2.05) is 25.6 Å². The molecule has 0 radical (unpaired) electrons. The van der Waals surface area contributed by atoms with E-state index in [-0.39, 0.29) is 0 Å². The van der Waals surface area contributed by atoms with Gasteiger partial charge in [0.15, 0.2) is 11.0 Å². The maximum Gasteiger partial charge on any atom is 0.191 e. The van der Waals surface area contributed by atoms with Gasteiger partial charge in [-0.3, -0.25) is 0 Å². The summed E-state index contributed by atoms with van der Waals surface area (Å²) in [7, 11) is 2.06. The normalized spacial score (nSPS) is 23.1. The minimum atomic E-state index is 0.428. The van der Waals surface area contributed by atoms with E-state index in [1.54, 1.807) is 11.3 Å². The Kier molecular flexibility index (Phi) is 5.54. The molecule has 3 aromatic rings. The first-order chi connectivity index (χ1) is 14.5. The number of thiazole rings is 1. The van der Waals surface area contributed by atoms with Gasteiger partial charge in [-0.15, -0.1) is 21.5 Å². The second-order valence-corrected chi connectivity index (χ2v) is 11.7. The molecule has 3 heterocycles. The zero-order valence-corrected chi connectivity index (χ0v) is 20.8. The van der Waals surface area contributed by atoms with Crippen LogP contribution >= 0.6 is 39.0 Å². The van der Waals surface area contributed by atoms with Crippen molar-refractivity contribution < 1.29 is 0 Å². The third-order valence-electron chi connectivity index (χ3n) is 6.43. The zero-order chi connectivity index (χ0) is 20.9. The fourth-order valence-electron chi connectivity index (χ4n) is 4.81. The van der Waals surface area contributed by atoms with Crippen LogP contribution in [-0.2, 0) is 12.5 Å². The van der Waals surface area contributed by atoms with Crippen LogP contribution in [0.1, 0.15) is 29.1 Å². The van der Waals surface area contributed by atoms with Crippen molar-refractivity contribution in [1.29, 1.82) is 0 Å². The molecule has 1 aromatic carbocycles. The summed E-state index contributed by atoms with van der Waals surface area (Å²) in [6.07, 6.45) is 2.53. The van der Waals surface area contributed by atoms with E-state index in [9.17, 15) is 0 Å². The van der Waals surface area contributed by atoms with Gasteiger partial charge >= 0.3 is 0 Å². The number of benzene rings is 1. The molecule has 2 unspecified atom stereocenters. The first kappa shape index (κ1) is 20.7. The second-order valence-electron chi connectivity index (χ2n) is 8.51. The van der Waals surface area contributed by atoms with Gasteiger partial charge in [0.25, 0.3) is 0 Å². The summed E-state index contributed by atoms with van der Waals surface area (Å²) < 4.78 is 3.28. The summed E-state index contributed by atoms with van der Waals surface area (Å²) in [5, 5.41) is 10.9. The van der Waals surface area contributed by atoms with Crippen LogP contribution in [0.5, 0.6) is 0 Å². The summed E-state index contributed by atoms with van der Waals surface area (Å²) in [6.45, 7) is 7.71. The number of halogens is 1. The van der Waals surface area contributed by atoms with Crippen LogP contribution in [0.3, 0.4) is 0 Å². The van der Waals surface area contributed by atoms with Crippen LogP contribution in [0.4, 0.5) is 0 Å². The van der Waals surface area contributed by atoms with Gasteiger partial charge in [-0.05, 0) is 56.8 Å². The van der Waals surface area contributed by atoms with Crippen LogP contribution in [0.25, 0.3) is 10.7 Å². The third-order valence-corrected chi connectivity index (χ3v) is 9.13. The molecule has 158 valence electrons. The lowest BCUT2D eigenvalue weighted by Crippen LogP contribution is -2.27. The molecule has 1 aliphatic carbocycles. The van der Waals surface area contributed by atoms with Gasteiger partial charge < -0.3 is 9.47 Å². The molecule has 0 N–H and O–H groups in total. The molecule has 5 rings (SSSR count). The fraction of sp³-hybridized carbons (Fsp3) is 0.500. The molecule has 8 heteroatoms. The highest BCUT2D eigenvalue weighted by Gasteiger charge is 2.60. The van der Waals surface area contributed by atoms with Crippen LogP contribution < -0.4 is 0 Å². The molecule has 2 fully saturated rings. The molecule has 2 aliphatic rings. The molecule has 2 aromatic heterocycles. The van der Waals surface area contributed by atoms with Gasteiger partial charge in [-0.2, -0.15) is 0 Å². The Morgan fingerprint density at radius 3 is 2.77 bits per heavy atom. The van der Waals surface area contributed by atoms with Gasteiger partial charge in [-0.25, -0.2) is 4.98 Å². The van der Waals surface area contributed by atoms with Crippen LogP contribution in [0.15, 0.2) is 33.9 Å². The number of nitrogens with zero attached hydrogens (tertiary/aromatic N) is 5. The summed E-state index contributed by atoms with van der Waals surface area (Å²) in [5.74, 6) is 2.84. The van der Waals surface area contributed by atoms with Crippen molar-refractivity contribution in [1.82, 2.24) is 24.6 Å². The largest absolute Gasteiger partial charge is 0.304 e. The van der Waals surface area contributed by atoms with Crippen molar-refractivity contribution in [2.45, 2.75) is 37.3 Å². The van der Waals surface area contributed by atoms with E-state index in [1.165, 1.54) is 42.5 Å². The zero-order valence-electron chi connectivity index (χ0n) is 17.6. The minimum absolute atomic E-state index is 0.428. The monoisotopic (exact) mass is 503 g/mol. The third kappa shape index (κ3) is 3.76. The summed E-state index contributed by atoms with van der Waals surface area (Å²) >= 11 is 7.06. The summed E-state index contributed by atoms with van der Waals surface area (Å²) in [5.41, 5.74) is 2.99. The Morgan fingerprint density at radius 2 is 2.03 bits per heavy atom. The van der Waals surface area contributed by atoms with E-state index in [0.717, 1.165) is 38.2 Å². The standard InChI is InChI=1S/C22H26BrN5S2/c1-14-19(30-15(2)24-14)20-25-26-21(27(20)3)29-10-4-9-28-12-17-11-22(17,13-28)16-5-7-18(23)8-6-16/h5-8,17H,4,9-13H2,1-3H3. The molecule has 1 saturated heterocycles. The maximum absolute atomic E-state index is 4.52. The molecular formula is C22H26BrN5S2. The minimum Gasteiger partial charge on any atom is -0.304 e. The molecule has 0 bridgehead atoms. The molecular weight excluding hydrogens is 478 g/mol. The fourth-order valence-corrected chi connectivity index (χ4v) is 6.85. The van der Waals surface area contributed by atoms with Crippen molar-refractivity contribution in [3.8, 4) is 10.7 Å². The SMILES string of the molecule is Cc1nc(C)c(-c2nnc(SCCCN3CC4CC4(c4ccc(Br)cc4)C3)n2C)s1. The molecule has 30 heavy (non-hydrogen) atoms. The molecule has 0 spiro atoms. The summed E-state index contributed by atoms with van der Waals surface area (Å²) in [6, 6.07) is 8.98. The predicted molar refractivity (Wildman–Crippen MR) is 127 cm³/mol. The Hall–Kier alpha value is -1.22. The van der Waals surface area contributed by atoms with E-state index in [0.29, 0.717) is 5.41 Å². The van der Waals surface area contributed by atoms with Crippen molar-refractivity contribution in [2.24, 2.45) is 13.0 Å². The van der Waals surface area contributed by atoms with E-state index >= 15 is 0 Å². The quantitative estimate of drug-likeness (QED) is 0.332. The Labute approximate surface area is 194 Å². The smallest absolute Gasteiger partial charge is 0.191 e. The number of piperidine rings is 1. The lowest BCUT2D eigenvalue weighted by atomic mass is 9.95. The Morgan fingerprint density at radius 1 is 1.23 bits per heavy atom. The number of hydrogen-bond acceptors (Lipinski definition) is 6. The average Bonchev–Trinajstić information content (AvgIpc) is 2.97. The highest BCUT2D eigenvalue weighted by molar-refractivity contribution is 9.10. The number of aromatic nitrogens is 4. The van der Waals surface area contributed by atoms with Crippen molar-refractivity contribution in [2.75, 3.05) is 25.4 Å². The molecule has 5 nitrogen and oxygen atoms in total. The lowest BCUT2D eigenvalue weighted by Gasteiger charge is -2.21. The number of fused-ring (bicyclic) bond motifs is 1. The first-order valence-electron chi connectivity index (χ1n) is 10.4. The van der Waals surface area contributed by atoms with E-state index in [4.69, 9.17) is 0 Å². The topological polar surface area (TPSA) is 46.8 Å². The number of thioether (sulfide) groups is 1. The molecule has 1 aliphatic heterocycles. The van der Waals surface area contributed by atoms with Crippen LogP contribution in [-0.4, -0.2) is 50.0 Å². The average molecular weight is 505 g/mol. The molecule has 1 saturated carbocycles. The van der Waals surface area contributed by atoms with Gasteiger partial charge in [-0.1, -0.05) is 39.8 Å². The van der Waals surface area contributed by atoms with Gasteiger partial charge in [0.2, 0.25) is 0 Å². The van der Waals surface area contributed by atoms with Crippen molar-refractivity contribution in [3.05, 3.63) is 45.0 Å². The van der Waals surface area contributed by atoms with E-state index in [2.05, 4.69) is 71.9 Å². The van der Waals surface area contributed by atoms with Crippen molar-refractivity contribution in [3.63, 3.8) is 0 Å². The molecule has 2 atom stereocenters. The van der Waals surface area contributed by atoms with Crippen LogP contribution in [0, 0.1) is 19.8 Å². The first-order valence-corrected chi connectivity index (χ1v) is 13.0. The highest BCUT2D eigenvalue weighted by atomic mass is 79.9. The maximum atomic E-state index is 4.52. The number of rotatable bonds is 7. The van der Waals surface area contributed by atoms with Gasteiger partial charge in [0, 0.05) is 35.8 Å². The van der Waals surface area contributed by atoms with Gasteiger partial charge in [0.1, 0.15) is 0 Å². The molecule has 0 amide bonds. The van der Waals surface area contributed by atoms with Crippen LogP contribution in [0.2, 0.25) is 0 Å².